The topological polar surface area (TPSA) is 94.3 Å². The van der Waals surface area contributed by atoms with E-state index < -0.39 is 17.9 Å². The second-order valence-corrected chi connectivity index (χ2v) is 6.38. The molecule has 0 aliphatic heterocycles. The molecular formula is C20H18ClN3O3. The van der Waals surface area contributed by atoms with Crippen molar-refractivity contribution in [3.63, 3.8) is 0 Å². The van der Waals surface area contributed by atoms with Crippen LogP contribution in [0.2, 0.25) is 5.02 Å². The number of aromatic nitrogens is 1. The molecule has 3 N–H and O–H groups in total. The molecule has 0 saturated heterocycles. The molecule has 3 rings (SSSR count). The zero-order chi connectivity index (χ0) is 19.4. The van der Waals surface area contributed by atoms with Crippen molar-refractivity contribution < 1.29 is 14.3 Å². The molecule has 0 unspecified atom stereocenters. The molecule has 27 heavy (non-hydrogen) atoms. The summed E-state index contributed by atoms with van der Waals surface area (Å²) in [4.78, 5) is 28.9. The summed E-state index contributed by atoms with van der Waals surface area (Å²) < 4.78 is 5.12. The number of nitrogens with one attached hydrogen (secondary N) is 1. The van der Waals surface area contributed by atoms with E-state index in [1.807, 2.05) is 18.2 Å². The first kappa shape index (κ1) is 18.7. The Kier molecular flexibility index (Phi) is 5.57. The first-order chi connectivity index (χ1) is 13.0. The Morgan fingerprint density at radius 3 is 2.70 bits per heavy atom. The van der Waals surface area contributed by atoms with Crippen LogP contribution in [0.15, 0.2) is 54.7 Å². The van der Waals surface area contributed by atoms with Crippen molar-refractivity contribution in [2.24, 2.45) is 5.73 Å². The molecule has 0 radical (unpaired) electrons. The average Bonchev–Trinajstić information content (AvgIpc) is 2.67. The lowest BCUT2D eigenvalue weighted by atomic mass is 10.0. The third-order valence-corrected chi connectivity index (χ3v) is 4.49. The SMILES string of the molecule is COc1ccc(C[C@H](NC(=O)c2ccnc3ccccc23)C(N)=O)cc1Cl. The number of hydrogen-bond acceptors (Lipinski definition) is 4. The predicted octanol–water partition coefficient (Wildman–Crippen LogP) is 2.72. The number of nitrogens with two attached hydrogens (primary N) is 1. The number of carbonyl (C=O) groups is 2. The van der Waals surface area contributed by atoms with E-state index in [1.54, 1.807) is 36.5 Å². The fourth-order valence-electron chi connectivity index (χ4n) is 2.83. The summed E-state index contributed by atoms with van der Waals surface area (Å²) in [6, 6.07) is 13.2. The smallest absolute Gasteiger partial charge is 0.252 e. The molecule has 138 valence electrons. The number of carbonyl (C=O) groups excluding carboxylic acids is 2. The van der Waals surface area contributed by atoms with E-state index in [0.29, 0.717) is 27.2 Å². The molecule has 0 spiro atoms. The largest absolute Gasteiger partial charge is 0.495 e. The minimum absolute atomic E-state index is 0.216. The zero-order valence-corrected chi connectivity index (χ0v) is 15.4. The van der Waals surface area contributed by atoms with Gasteiger partial charge in [-0.05, 0) is 29.8 Å². The number of pyridine rings is 1. The second-order valence-electron chi connectivity index (χ2n) is 5.98. The van der Waals surface area contributed by atoms with Gasteiger partial charge in [0.2, 0.25) is 5.91 Å². The summed E-state index contributed by atoms with van der Waals surface area (Å²) in [7, 11) is 1.52. The first-order valence-electron chi connectivity index (χ1n) is 8.26. The van der Waals surface area contributed by atoms with Crippen LogP contribution in [0, 0.1) is 0 Å². The van der Waals surface area contributed by atoms with Crippen LogP contribution in [0.4, 0.5) is 0 Å². The number of methoxy groups -OCH3 is 1. The Labute approximate surface area is 161 Å². The lowest BCUT2D eigenvalue weighted by Crippen LogP contribution is -2.45. The molecule has 7 heteroatoms. The van der Waals surface area contributed by atoms with E-state index in [-0.39, 0.29) is 6.42 Å². The van der Waals surface area contributed by atoms with E-state index in [0.717, 1.165) is 5.56 Å². The molecule has 0 saturated carbocycles. The lowest BCUT2D eigenvalue weighted by Gasteiger charge is -2.17. The number of ether oxygens (including phenoxy) is 1. The highest BCUT2D eigenvalue weighted by Gasteiger charge is 2.21. The van der Waals surface area contributed by atoms with Crippen LogP contribution >= 0.6 is 11.6 Å². The minimum Gasteiger partial charge on any atom is -0.495 e. The number of amides is 2. The number of nitrogens with zero attached hydrogens (tertiary/aromatic N) is 1. The van der Waals surface area contributed by atoms with E-state index in [1.165, 1.54) is 7.11 Å². The highest BCUT2D eigenvalue weighted by atomic mass is 35.5. The van der Waals surface area contributed by atoms with Gasteiger partial charge in [-0.2, -0.15) is 0 Å². The molecule has 2 aromatic carbocycles. The third kappa shape index (κ3) is 4.17. The van der Waals surface area contributed by atoms with Gasteiger partial charge in [-0.1, -0.05) is 35.9 Å². The van der Waals surface area contributed by atoms with Crippen molar-refractivity contribution >= 4 is 34.3 Å². The van der Waals surface area contributed by atoms with Crippen molar-refractivity contribution in [1.29, 1.82) is 0 Å². The second kappa shape index (κ2) is 8.05. The fraction of sp³-hybridized carbons (Fsp3) is 0.150. The van der Waals surface area contributed by atoms with Crippen LogP contribution < -0.4 is 15.8 Å². The lowest BCUT2D eigenvalue weighted by molar-refractivity contribution is -0.119. The number of para-hydroxylation sites is 1. The van der Waals surface area contributed by atoms with Gasteiger partial charge >= 0.3 is 0 Å². The maximum absolute atomic E-state index is 12.7. The van der Waals surface area contributed by atoms with Crippen molar-refractivity contribution in [3.05, 3.63) is 70.9 Å². The normalized spacial score (nSPS) is 11.8. The van der Waals surface area contributed by atoms with Crippen LogP contribution in [0.1, 0.15) is 15.9 Å². The van der Waals surface area contributed by atoms with E-state index in [9.17, 15) is 9.59 Å². The van der Waals surface area contributed by atoms with Gasteiger partial charge in [0.1, 0.15) is 11.8 Å². The molecular weight excluding hydrogens is 366 g/mol. The monoisotopic (exact) mass is 383 g/mol. The van der Waals surface area contributed by atoms with Gasteiger partial charge in [-0.3, -0.25) is 14.6 Å². The maximum atomic E-state index is 12.7. The number of benzene rings is 2. The zero-order valence-electron chi connectivity index (χ0n) is 14.6. The molecule has 1 heterocycles. The van der Waals surface area contributed by atoms with E-state index in [4.69, 9.17) is 22.1 Å². The number of halogens is 1. The van der Waals surface area contributed by atoms with Crippen LogP contribution in [-0.4, -0.2) is 29.9 Å². The van der Waals surface area contributed by atoms with Crippen molar-refractivity contribution in [2.75, 3.05) is 7.11 Å². The summed E-state index contributed by atoms with van der Waals surface area (Å²) >= 11 is 6.12. The summed E-state index contributed by atoms with van der Waals surface area (Å²) in [6.07, 6.45) is 1.77. The molecule has 0 aliphatic carbocycles. The Hall–Kier alpha value is -3.12. The van der Waals surface area contributed by atoms with E-state index >= 15 is 0 Å². The number of hydrogen-bond donors (Lipinski definition) is 2. The summed E-state index contributed by atoms with van der Waals surface area (Å²) in [6.45, 7) is 0. The van der Waals surface area contributed by atoms with Gasteiger partial charge in [0.25, 0.3) is 5.91 Å². The first-order valence-corrected chi connectivity index (χ1v) is 8.63. The Morgan fingerprint density at radius 1 is 1.22 bits per heavy atom. The number of fused-ring (bicyclic) bond motifs is 1. The predicted molar refractivity (Wildman–Crippen MR) is 104 cm³/mol. The van der Waals surface area contributed by atoms with Gasteiger partial charge in [-0.25, -0.2) is 0 Å². The van der Waals surface area contributed by atoms with Gasteiger partial charge in [-0.15, -0.1) is 0 Å². The average molecular weight is 384 g/mol. The molecule has 1 atom stereocenters. The Balaban J connectivity index is 1.83. The van der Waals surface area contributed by atoms with Gasteiger partial charge in [0.15, 0.2) is 0 Å². The molecule has 3 aromatic rings. The quantitative estimate of drug-likeness (QED) is 0.684. The fourth-order valence-corrected chi connectivity index (χ4v) is 3.11. The molecule has 1 aromatic heterocycles. The highest BCUT2D eigenvalue weighted by Crippen LogP contribution is 2.25. The Bertz CT molecular complexity index is 1000. The van der Waals surface area contributed by atoms with Crippen LogP contribution in [0.5, 0.6) is 5.75 Å². The van der Waals surface area contributed by atoms with Crippen LogP contribution in [0.25, 0.3) is 10.9 Å². The van der Waals surface area contributed by atoms with E-state index in [2.05, 4.69) is 10.3 Å². The molecule has 0 bridgehead atoms. The standard InChI is InChI=1S/C20H18ClN3O3/c1-27-18-7-6-12(10-15(18)21)11-17(19(22)25)24-20(26)14-8-9-23-16-5-3-2-4-13(14)16/h2-10,17H,11H2,1H3,(H2,22,25)(H,24,26)/t17-/m0/s1. The Morgan fingerprint density at radius 2 is 2.00 bits per heavy atom. The molecule has 6 nitrogen and oxygen atoms in total. The molecule has 2 amide bonds. The number of rotatable bonds is 6. The number of primary amides is 1. The molecule has 0 fully saturated rings. The highest BCUT2D eigenvalue weighted by molar-refractivity contribution is 6.32. The van der Waals surface area contributed by atoms with Gasteiger partial charge < -0.3 is 15.8 Å². The molecule has 0 aliphatic rings. The van der Waals surface area contributed by atoms with Crippen LogP contribution in [-0.2, 0) is 11.2 Å². The summed E-state index contributed by atoms with van der Waals surface area (Å²) in [5.74, 6) is -0.492. The minimum atomic E-state index is -0.881. The van der Waals surface area contributed by atoms with Gasteiger partial charge in [0.05, 0.1) is 23.2 Å². The van der Waals surface area contributed by atoms with Crippen molar-refractivity contribution in [1.82, 2.24) is 10.3 Å². The summed E-state index contributed by atoms with van der Waals surface area (Å²) in [5.41, 5.74) is 7.38. The van der Waals surface area contributed by atoms with Crippen molar-refractivity contribution in [3.8, 4) is 5.75 Å². The van der Waals surface area contributed by atoms with Crippen molar-refractivity contribution in [2.45, 2.75) is 12.5 Å². The maximum Gasteiger partial charge on any atom is 0.252 e. The summed E-state index contributed by atoms with van der Waals surface area (Å²) in [5, 5.41) is 3.83. The van der Waals surface area contributed by atoms with Crippen LogP contribution in [0.3, 0.4) is 0 Å². The van der Waals surface area contributed by atoms with Gasteiger partial charge in [0, 0.05) is 18.0 Å². The third-order valence-electron chi connectivity index (χ3n) is 4.20.